The van der Waals surface area contributed by atoms with Gasteiger partial charge in [-0.3, -0.25) is 4.79 Å². The van der Waals surface area contributed by atoms with Gasteiger partial charge in [-0.05, 0) is 31.1 Å². The van der Waals surface area contributed by atoms with Crippen molar-refractivity contribution in [2.75, 3.05) is 13.1 Å². The van der Waals surface area contributed by atoms with E-state index in [2.05, 4.69) is 10.6 Å². The summed E-state index contributed by atoms with van der Waals surface area (Å²) in [5.74, 6) is 1.99. The number of rotatable bonds is 4. The Morgan fingerprint density at radius 2 is 1.67 bits per heavy atom. The van der Waals surface area contributed by atoms with E-state index in [1.807, 2.05) is 0 Å². The minimum atomic E-state index is -0.550. The van der Waals surface area contributed by atoms with Gasteiger partial charge in [0, 0.05) is 19.0 Å². The highest BCUT2D eigenvalue weighted by Gasteiger charge is 2.47. The number of amides is 3. The Hall–Kier alpha value is -1.26. The molecule has 5 heteroatoms. The van der Waals surface area contributed by atoms with Crippen molar-refractivity contribution in [1.82, 2.24) is 10.6 Å². The van der Waals surface area contributed by atoms with Crippen molar-refractivity contribution < 1.29 is 9.59 Å². The molecule has 0 heterocycles. The van der Waals surface area contributed by atoms with E-state index in [-0.39, 0.29) is 11.8 Å². The van der Waals surface area contributed by atoms with Gasteiger partial charge in [-0.25, -0.2) is 4.79 Å². The third-order valence-electron chi connectivity index (χ3n) is 3.34. The highest BCUT2D eigenvalue weighted by atomic mass is 16.2. The van der Waals surface area contributed by atoms with Crippen molar-refractivity contribution in [3.05, 3.63) is 0 Å². The van der Waals surface area contributed by atoms with Crippen molar-refractivity contribution in [3.8, 4) is 0 Å². The van der Waals surface area contributed by atoms with E-state index < -0.39 is 6.03 Å². The van der Waals surface area contributed by atoms with E-state index >= 15 is 0 Å². The lowest BCUT2D eigenvalue weighted by Gasteiger charge is -2.12. The zero-order chi connectivity index (χ0) is 10.8. The molecule has 2 aliphatic rings. The van der Waals surface area contributed by atoms with Crippen LogP contribution in [0.2, 0.25) is 0 Å². The second-order valence-electron chi connectivity index (χ2n) is 4.51. The fourth-order valence-corrected chi connectivity index (χ4v) is 2.44. The Balaban J connectivity index is 1.58. The molecule has 15 heavy (non-hydrogen) atoms. The molecule has 2 atom stereocenters. The molecule has 0 radical (unpaired) electrons. The first-order chi connectivity index (χ1) is 7.16. The SMILES string of the molecule is NC(=O)NCCNC(=O)C1CC2CC2C1. The van der Waals surface area contributed by atoms with Crippen LogP contribution in [0.25, 0.3) is 0 Å². The smallest absolute Gasteiger partial charge is 0.312 e. The topological polar surface area (TPSA) is 84.2 Å². The maximum atomic E-state index is 11.6. The lowest BCUT2D eigenvalue weighted by Crippen LogP contribution is -2.39. The summed E-state index contributed by atoms with van der Waals surface area (Å²) >= 11 is 0. The van der Waals surface area contributed by atoms with Crippen molar-refractivity contribution in [2.45, 2.75) is 19.3 Å². The number of primary amides is 1. The molecule has 2 unspecified atom stereocenters. The molecule has 0 aliphatic heterocycles. The molecule has 0 aromatic rings. The highest BCUT2D eigenvalue weighted by Crippen LogP contribution is 2.54. The van der Waals surface area contributed by atoms with Crippen LogP contribution >= 0.6 is 0 Å². The summed E-state index contributed by atoms with van der Waals surface area (Å²) in [6.07, 6.45) is 3.44. The summed E-state index contributed by atoms with van der Waals surface area (Å²) in [7, 11) is 0. The third kappa shape index (κ3) is 2.61. The minimum Gasteiger partial charge on any atom is -0.354 e. The highest BCUT2D eigenvalue weighted by molar-refractivity contribution is 5.79. The molecule has 3 amide bonds. The van der Waals surface area contributed by atoms with E-state index in [1.165, 1.54) is 6.42 Å². The molecule has 2 rings (SSSR count). The number of fused-ring (bicyclic) bond motifs is 1. The lowest BCUT2D eigenvalue weighted by molar-refractivity contribution is -0.125. The summed E-state index contributed by atoms with van der Waals surface area (Å²) < 4.78 is 0. The summed E-state index contributed by atoms with van der Waals surface area (Å²) in [6.45, 7) is 0.869. The maximum Gasteiger partial charge on any atom is 0.312 e. The van der Waals surface area contributed by atoms with Crippen LogP contribution in [0.3, 0.4) is 0 Å². The molecule has 2 fully saturated rings. The Kier molecular flexibility index (Phi) is 2.79. The molecule has 0 saturated heterocycles. The van der Waals surface area contributed by atoms with Crippen LogP contribution in [-0.2, 0) is 4.79 Å². The average molecular weight is 211 g/mol. The van der Waals surface area contributed by atoms with Crippen molar-refractivity contribution in [2.24, 2.45) is 23.5 Å². The van der Waals surface area contributed by atoms with Crippen molar-refractivity contribution >= 4 is 11.9 Å². The van der Waals surface area contributed by atoms with E-state index in [1.54, 1.807) is 0 Å². The van der Waals surface area contributed by atoms with Gasteiger partial charge in [-0.15, -0.1) is 0 Å². The summed E-state index contributed by atoms with van der Waals surface area (Å²) in [6, 6.07) is -0.550. The first-order valence-corrected chi connectivity index (χ1v) is 5.48. The minimum absolute atomic E-state index is 0.133. The van der Waals surface area contributed by atoms with Gasteiger partial charge in [-0.2, -0.15) is 0 Å². The predicted octanol–water partition coefficient (Wildman–Crippen LogP) is -0.183. The largest absolute Gasteiger partial charge is 0.354 e. The number of hydrogen-bond acceptors (Lipinski definition) is 2. The second kappa shape index (κ2) is 4.08. The summed E-state index contributed by atoms with van der Waals surface area (Å²) in [5.41, 5.74) is 4.89. The summed E-state index contributed by atoms with van der Waals surface area (Å²) in [5, 5.41) is 5.24. The van der Waals surface area contributed by atoms with Gasteiger partial charge < -0.3 is 16.4 Å². The molecule has 5 nitrogen and oxygen atoms in total. The van der Waals surface area contributed by atoms with Crippen LogP contribution < -0.4 is 16.4 Å². The Bertz CT molecular complexity index is 270. The molecule has 84 valence electrons. The number of nitrogens with one attached hydrogen (secondary N) is 2. The van der Waals surface area contributed by atoms with Crippen molar-refractivity contribution in [1.29, 1.82) is 0 Å². The van der Waals surface area contributed by atoms with Crippen LogP contribution in [0.4, 0.5) is 4.79 Å². The number of carbonyl (C=O) groups is 2. The Morgan fingerprint density at radius 3 is 2.27 bits per heavy atom. The van der Waals surface area contributed by atoms with Gasteiger partial charge in [0.2, 0.25) is 5.91 Å². The maximum absolute atomic E-state index is 11.6. The zero-order valence-corrected chi connectivity index (χ0v) is 8.66. The molecular formula is C10H17N3O2. The average Bonchev–Trinajstić information content (AvgIpc) is 2.80. The fraction of sp³-hybridized carbons (Fsp3) is 0.800. The van der Waals surface area contributed by atoms with Gasteiger partial charge in [-0.1, -0.05) is 0 Å². The molecule has 2 aliphatic carbocycles. The third-order valence-corrected chi connectivity index (χ3v) is 3.34. The van der Waals surface area contributed by atoms with Crippen LogP contribution in [0, 0.1) is 17.8 Å². The number of urea groups is 1. The number of hydrogen-bond donors (Lipinski definition) is 3. The van der Waals surface area contributed by atoms with Gasteiger partial charge >= 0.3 is 6.03 Å². The molecule has 2 saturated carbocycles. The normalized spacial score (nSPS) is 31.9. The van der Waals surface area contributed by atoms with Crippen LogP contribution in [-0.4, -0.2) is 25.0 Å². The fourth-order valence-electron chi connectivity index (χ4n) is 2.44. The van der Waals surface area contributed by atoms with E-state index in [0.717, 1.165) is 24.7 Å². The first kappa shape index (κ1) is 10.3. The number of carbonyl (C=O) groups excluding carboxylic acids is 2. The Labute approximate surface area is 88.8 Å². The van der Waals surface area contributed by atoms with Gasteiger partial charge in [0.1, 0.15) is 0 Å². The molecule has 0 aromatic carbocycles. The molecule has 0 spiro atoms. The van der Waals surface area contributed by atoms with Crippen LogP contribution in [0.15, 0.2) is 0 Å². The Morgan fingerprint density at radius 1 is 1.07 bits per heavy atom. The van der Waals surface area contributed by atoms with Gasteiger partial charge in [0.25, 0.3) is 0 Å². The monoisotopic (exact) mass is 211 g/mol. The van der Waals surface area contributed by atoms with Crippen molar-refractivity contribution in [3.63, 3.8) is 0 Å². The van der Waals surface area contributed by atoms with Crippen LogP contribution in [0.5, 0.6) is 0 Å². The standard InChI is InChI=1S/C10H17N3O2/c11-10(15)13-2-1-12-9(14)8-4-6-3-7(6)5-8/h6-8H,1-5H2,(H,12,14)(H3,11,13,15). The van der Waals surface area contributed by atoms with E-state index in [0.29, 0.717) is 13.1 Å². The first-order valence-electron chi connectivity index (χ1n) is 5.48. The summed E-state index contributed by atoms with van der Waals surface area (Å²) in [4.78, 5) is 21.9. The zero-order valence-electron chi connectivity index (χ0n) is 8.66. The van der Waals surface area contributed by atoms with Gasteiger partial charge in [0.15, 0.2) is 0 Å². The predicted molar refractivity (Wildman–Crippen MR) is 54.9 cm³/mol. The molecular weight excluding hydrogens is 194 g/mol. The van der Waals surface area contributed by atoms with E-state index in [4.69, 9.17) is 5.73 Å². The van der Waals surface area contributed by atoms with Gasteiger partial charge in [0.05, 0.1) is 0 Å². The van der Waals surface area contributed by atoms with Crippen LogP contribution in [0.1, 0.15) is 19.3 Å². The molecule has 4 N–H and O–H groups in total. The molecule has 0 aromatic heterocycles. The number of nitrogens with two attached hydrogens (primary N) is 1. The quantitative estimate of drug-likeness (QED) is 0.563. The molecule has 0 bridgehead atoms. The van der Waals surface area contributed by atoms with E-state index in [9.17, 15) is 9.59 Å². The lowest BCUT2D eigenvalue weighted by atomic mass is 10.0. The second-order valence-corrected chi connectivity index (χ2v) is 4.51.